The van der Waals surface area contributed by atoms with Crippen molar-refractivity contribution in [3.05, 3.63) is 71.9 Å². The predicted molar refractivity (Wildman–Crippen MR) is 101 cm³/mol. The lowest BCUT2D eigenvalue weighted by atomic mass is 10.2. The highest BCUT2D eigenvalue weighted by Crippen LogP contribution is 2.30. The van der Waals surface area contributed by atoms with Crippen molar-refractivity contribution in [3.8, 4) is 17.1 Å². The van der Waals surface area contributed by atoms with E-state index in [4.69, 9.17) is 16.6 Å². The Morgan fingerprint density at radius 2 is 1.92 bits per heavy atom. The summed E-state index contributed by atoms with van der Waals surface area (Å²) >= 11 is 6.43. The quantitative estimate of drug-likeness (QED) is 0.475. The van der Waals surface area contributed by atoms with Crippen LogP contribution in [0.3, 0.4) is 0 Å². The predicted octanol–water partition coefficient (Wildman–Crippen LogP) is 4.09. The van der Waals surface area contributed by atoms with Gasteiger partial charge in [-0.15, -0.1) is 10.2 Å². The number of benzene rings is 2. The van der Waals surface area contributed by atoms with Crippen LogP contribution in [-0.4, -0.2) is 29.1 Å². The van der Waals surface area contributed by atoms with E-state index in [2.05, 4.69) is 21.2 Å². The Morgan fingerprint density at radius 3 is 2.73 bits per heavy atom. The molecular formula is C19H13ClN6. The maximum atomic E-state index is 6.43. The molecule has 0 unspecified atom stereocenters. The van der Waals surface area contributed by atoms with Gasteiger partial charge in [-0.1, -0.05) is 23.7 Å². The molecule has 0 amide bonds. The summed E-state index contributed by atoms with van der Waals surface area (Å²) in [6.07, 6.45) is 5.42. The first kappa shape index (κ1) is 15.0. The van der Waals surface area contributed by atoms with Gasteiger partial charge in [0.15, 0.2) is 5.65 Å². The highest BCUT2D eigenvalue weighted by atomic mass is 35.5. The molecule has 6 nitrogen and oxygen atoms in total. The standard InChI is InChI=1S/C19H13ClN6/c1-12-18-24-23-16-7-6-13(25-9-8-21-11-25)10-17(16)26(18)19(22-12)14-4-2-3-5-15(14)20/h2-11H,1H3. The van der Waals surface area contributed by atoms with Gasteiger partial charge in [0.2, 0.25) is 0 Å². The summed E-state index contributed by atoms with van der Waals surface area (Å²) in [6, 6.07) is 13.7. The summed E-state index contributed by atoms with van der Waals surface area (Å²) in [5.41, 5.74) is 5.07. The summed E-state index contributed by atoms with van der Waals surface area (Å²) in [6.45, 7) is 1.93. The van der Waals surface area contributed by atoms with Crippen LogP contribution in [0.2, 0.25) is 5.02 Å². The zero-order chi connectivity index (χ0) is 17.7. The summed E-state index contributed by atoms with van der Waals surface area (Å²) in [5, 5.41) is 9.37. The van der Waals surface area contributed by atoms with Crippen molar-refractivity contribution < 1.29 is 0 Å². The Hall–Kier alpha value is -3.25. The Balaban J connectivity index is 1.89. The van der Waals surface area contributed by atoms with Gasteiger partial charge >= 0.3 is 0 Å². The zero-order valence-electron chi connectivity index (χ0n) is 13.8. The minimum atomic E-state index is 0.648. The fourth-order valence-corrected chi connectivity index (χ4v) is 3.36. The van der Waals surface area contributed by atoms with Crippen LogP contribution in [0.25, 0.3) is 33.8 Å². The van der Waals surface area contributed by atoms with Crippen LogP contribution in [0.4, 0.5) is 0 Å². The maximum absolute atomic E-state index is 6.43. The van der Waals surface area contributed by atoms with E-state index in [1.807, 2.05) is 58.5 Å². The molecule has 0 radical (unpaired) electrons. The van der Waals surface area contributed by atoms with Crippen molar-refractivity contribution in [2.45, 2.75) is 6.92 Å². The first-order valence-electron chi connectivity index (χ1n) is 8.11. The average Bonchev–Trinajstić information content (AvgIpc) is 3.30. The van der Waals surface area contributed by atoms with E-state index in [1.165, 1.54) is 0 Å². The van der Waals surface area contributed by atoms with Gasteiger partial charge in [0.1, 0.15) is 11.3 Å². The van der Waals surface area contributed by atoms with Crippen LogP contribution in [-0.2, 0) is 0 Å². The third-order valence-corrected chi connectivity index (χ3v) is 4.72. The number of halogens is 1. The first-order valence-corrected chi connectivity index (χ1v) is 8.49. The Kier molecular flexibility index (Phi) is 3.26. The van der Waals surface area contributed by atoms with E-state index in [0.717, 1.165) is 39.4 Å². The van der Waals surface area contributed by atoms with Crippen LogP contribution in [0.1, 0.15) is 5.69 Å². The first-order chi connectivity index (χ1) is 12.7. The number of hydrogen-bond donors (Lipinski definition) is 0. The van der Waals surface area contributed by atoms with Crippen molar-refractivity contribution in [2.24, 2.45) is 0 Å². The molecule has 3 aromatic heterocycles. The Labute approximate surface area is 153 Å². The van der Waals surface area contributed by atoms with Crippen molar-refractivity contribution in [1.29, 1.82) is 0 Å². The smallest absolute Gasteiger partial charge is 0.183 e. The lowest BCUT2D eigenvalue weighted by Gasteiger charge is -2.08. The van der Waals surface area contributed by atoms with Crippen LogP contribution in [0, 0.1) is 6.92 Å². The molecule has 7 heteroatoms. The van der Waals surface area contributed by atoms with E-state index < -0.39 is 0 Å². The third kappa shape index (κ3) is 2.19. The molecule has 0 saturated carbocycles. The van der Waals surface area contributed by atoms with Crippen molar-refractivity contribution in [3.63, 3.8) is 0 Å². The molecule has 5 rings (SSSR count). The van der Waals surface area contributed by atoms with Gasteiger partial charge in [-0.05, 0) is 37.3 Å². The summed E-state index contributed by atoms with van der Waals surface area (Å²) < 4.78 is 3.96. The maximum Gasteiger partial charge on any atom is 0.183 e. The molecule has 0 aliphatic heterocycles. The molecular weight excluding hydrogens is 348 g/mol. The van der Waals surface area contributed by atoms with E-state index in [9.17, 15) is 0 Å². The molecule has 126 valence electrons. The summed E-state index contributed by atoms with van der Waals surface area (Å²) in [4.78, 5) is 8.84. The number of fused-ring (bicyclic) bond motifs is 3. The molecule has 3 heterocycles. The normalized spacial score (nSPS) is 11.5. The molecule has 0 atom stereocenters. The summed E-state index contributed by atoms with van der Waals surface area (Å²) in [7, 11) is 0. The van der Waals surface area contributed by atoms with Crippen LogP contribution < -0.4 is 0 Å². The molecule has 0 aliphatic rings. The van der Waals surface area contributed by atoms with Gasteiger partial charge < -0.3 is 4.57 Å². The molecule has 0 aliphatic carbocycles. The molecule has 0 saturated heterocycles. The lowest BCUT2D eigenvalue weighted by Crippen LogP contribution is -1.99. The second-order valence-corrected chi connectivity index (χ2v) is 6.41. The fraction of sp³-hybridized carbons (Fsp3) is 0.0526. The second-order valence-electron chi connectivity index (χ2n) is 6.00. The monoisotopic (exact) mass is 360 g/mol. The van der Waals surface area contributed by atoms with Gasteiger partial charge in [-0.3, -0.25) is 4.40 Å². The third-order valence-electron chi connectivity index (χ3n) is 4.39. The molecule has 26 heavy (non-hydrogen) atoms. The molecule has 0 N–H and O–H groups in total. The van der Waals surface area contributed by atoms with Crippen molar-refractivity contribution >= 4 is 28.3 Å². The molecule has 0 spiro atoms. The lowest BCUT2D eigenvalue weighted by molar-refractivity contribution is 1.03. The molecule has 0 bridgehead atoms. The largest absolute Gasteiger partial charge is 0.306 e. The topological polar surface area (TPSA) is 60.9 Å². The van der Waals surface area contributed by atoms with Crippen LogP contribution >= 0.6 is 11.6 Å². The molecule has 2 aromatic carbocycles. The van der Waals surface area contributed by atoms with E-state index in [0.29, 0.717) is 5.02 Å². The zero-order valence-corrected chi connectivity index (χ0v) is 14.6. The van der Waals surface area contributed by atoms with Crippen molar-refractivity contribution in [2.75, 3.05) is 0 Å². The Bertz CT molecular complexity index is 1260. The summed E-state index contributed by atoms with van der Waals surface area (Å²) in [5.74, 6) is 0.755. The number of imidazole rings is 2. The number of aromatic nitrogens is 6. The van der Waals surface area contributed by atoms with Gasteiger partial charge in [-0.25, -0.2) is 9.97 Å². The van der Waals surface area contributed by atoms with E-state index in [1.54, 1.807) is 12.5 Å². The van der Waals surface area contributed by atoms with Gasteiger partial charge in [0.05, 0.1) is 22.6 Å². The number of nitrogens with zero attached hydrogens (tertiary/aromatic N) is 6. The number of aryl methyl sites for hydroxylation is 1. The number of rotatable bonds is 2. The minimum Gasteiger partial charge on any atom is -0.306 e. The van der Waals surface area contributed by atoms with Crippen LogP contribution in [0.5, 0.6) is 0 Å². The molecule has 0 fully saturated rings. The van der Waals surface area contributed by atoms with Crippen LogP contribution in [0.15, 0.2) is 61.2 Å². The van der Waals surface area contributed by atoms with Crippen molar-refractivity contribution in [1.82, 2.24) is 29.1 Å². The van der Waals surface area contributed by atoms with E-state index in [-0.39, 0.29) is 0 Å². The van der Waals surface area contributed by atoms with Gasteiger partial charge in [0.25, 0.3) is 0 Å². The van der Waals surface area contributed by atoms with Gasteiger partial charge in [0, 0.05) is 23.6 Å². The Morgan fingerprint density at radius 1 is 1.04 bits per heavy atom. The van der Waals surface area contributed by atoms with Gasteiger partial charge in [-0.2, -0.15) is 0 Å². The SMILES string of the molecule is Cc1nc(-c2ccccc2Cl)n2c1nnc1ccc(-n3ccnc3)cc12. The minimum absolute atomic E-state index is 0.648. The second kappa shape index (κ2) is 5.64. The average molecular weight is 361 g/mol. The highest BCUT2D eigenvalue weighted by molar-refractivity contribution is 6.33. The molecule has 5 aromatic rings. The van der Waals surface area contributed by atoms with E-state index >= 15 is 0 Å². The highest BCUT2D eigenvalue weighted by Gasteiger charge is 2.17. The fourth-order valence-electron chi connectivity index (χ4n) is 3.14. The number of hydrogen-bond acceptors (Lipinski definition) is 4.